The van der Waals surface area contributed by atoms with Crippen LogP contribution in [0.15, 0.2) is 30.4 Å². The maximum Gasteiger partial charge on any atom is 0.321 e. The molecule has 1 saturated heterocycles. The summed E-state index contributed by atoms with van der Waals surface area (Å²) in [6, 6.07) is 5.72. The summed E-state index contributed by atoms with van der Waals surface area (Å²) in [7, 11) is 1.60. The Kier molecular flexibility index (Phi) is 4.85. The number of rotatable bonds is 3. The van der Waals surface area contributed by atoms with Crippen molar-refractivity contribution in [3.8, 4) is 0 Å². The molecule has 2 heterocycles. The lowest BCUT2D eigenvalue weighted by atomic mass is 10.1. The number of nitrogens with zero attached hydrogens (tertiary/aromatic N) is 2. The largest absolute Gasteiger partial charge is 0.355 e. The molecule has 3 rings (SSSR count). The van der Waals surface area contributed by atoms with E-state index in [4.69, 9.17) is 0 Å². The van der Waals surface area contributed by atoms with E-state index in [9.17, 15) is 9.59 Å². The van der Waals surface area contributed by atoms with Crippen molar-refractivity contribution >= 4 is 17.6 Å². The van der Waals surface area contributed by atoms with Gasteiger partial charge in [0.2, 0.25) is 0 Å². The van der Waals surface area contributed by atoms with Crippen LogP contribution < -0.4 is 10.6 Å². The van der Waals surface area contributed by atoms with Crippen molar-refractivity contribution in [2.24, 2.45) is 0 Å². The maximum atomic E-state index is 12.6. The van der Waals surface area contributed by atoms with Gasteiger partial charge >= 0.3 is 6.03 Å². The van der Waals surface area contributed by atoms with Crippen LogP contribution in [0.25, 0.3) is 0 Å². The topological polar surface area (TPSA) is 64.7 Å². The molecular formula is C18H24N4O2. The number of hydrogen-bond acceptors (Lipinski definition) is 3. The third kappa shape index (κ3) is 3.28. The van der Waals surface area contributed by atoms with Gasteiger partial charge in [-0.25, -0.2) is 4.79 Å². The molecule has 2 aliphatic heterocycles. The number of benzene rings is 1. The summed E-state index contributed by atoms with van der Waals surface area (Å²) in [4.78, 5) is 28.7. The fourth-order valence-electron chi connectivity index (χ4n) is 3.36. The Labute approximate surface area is 142 Å². The van der Waals surface area contributed by atoms with Crippen LogP contribution in [0.2, 0.25) is 0 Å². The zero-order valence-electron chi connectivity index (χ0n) is 14.2. The Bertz CT molecular complexity index is 663. The van der Waals surface area contributed by atoms with E-state index in [-0.39, 0.29) is 11.9 Å². The van der Waals surface area contributed by atoms with E-state index in [0.717, 1.165) is 38.2 Å². The van der Waals surface area contributed by atoms with Gasteiger partial charge in [0.15, 0.2) is 0 Å². The standard InChI is InChI=1S/C18H24N4O2/c1-13-15(17(23)19-2)6-5-7-16(13)20-18(24)22-11-8-14(12-22)21-9-3-4-10-21/h3-7,14H,8-12H2,1-2H3,(H,19,23)(H,20,24)/t14-/m1/s1. The summed E-state index contributed by atoms with van der Waals surface area (Å²) in [5, 5.41) is 5.58. The molecule has 1 atom stereocenters. The summed E-state index contributed by atoms with van der Waals surface area (Å²) in [6.45, 7) is 5.33. The Morgan fingerprint density at radius 1 is 1.21 bits per heavy atom. The average Bonchev–Trinajstić information content (AvgIpc) is 3.27. The molecule has 6 heteroatoms. The average molecular weight is 328 g/mol. The van der Waals surface area contributed by atoms with E-state index >= 15 is 0 Å². The molecule has 1 aromatic rings. The van der Waals surface area contributed by atoms with E-state index in [0.29, 0.717) is 17.3 Å². The number of anilines is 1. The molecule has 0 saturated carbocycles. The lowest BCUT2D eigenvalue weighted by molar-refractivity contribution is 0.0962. The van der Waals surface area contributed by atoms with Crippen molar-refractivity contribution in [2.75, 3.05) is 38.5 Å². The zero-order valence-corrected chi connectivity index (χ0v) is 14.2. The van der Waals surface area contributed by atoms with Crippen molar-refractivity contribution < 1.29 is 9.59 Å². The predicted octanol–water partition coefficient (Wildman–Crippen LogP) is 1.83. The number of hydrogen-bond donors (Lipinski definition) is 2. The molecule has 3 amide bonds. The Morgan fingerprint density at radius 2 is 1.96 bits per heavy atom. The minimum atomic E-state index is -0.147. The second kappa shape index (κ2) is 7.05. The van der Waals surface area contributed by atoms with Crippen LogP contribution in [0.3, 0.4) is 0 Å². The number of likely N-dealkylation sites (tertiary alicyclic amines) is 1. The lowest BCUT2D eigenvalue weighted by Gasteiger charge is -2.24. The molecule has 0 aromatic heterocycles. The van der Waals surface area contributed by atoms with Crippen molar-refractivity contribution in [1.29, 1.82) is 0 Å². The molecule has 0 radical (unpaired) electrons. The van der Waals surface area contributed by atoms with Gasteiger partial charge in [-0.2, -0.15) is 0 Å². The van der Waals surface area contributed by atoms with Gasteiger partial charge in [0, 0.05) is 50.5 Å². The molecule has 24 heavy (non-hydrogen) atoms. The van der Waals surface area contributed by atoms with Gasteiger partial charge in [0.05, 0.1) is 0 Å². The minimum Gasteiger partial charge on any atom is -0.355 e. The van der Waals surface area contributed by atoms with Crippen LogP contribution in [-0.2, 0) is 0 Å². The smallest absolute Gasteiger partial charge is 0.321 e. The Hall–Kier alpha value is -2.34. The van der Waals surface area contributed by atoms with Gasteiger partial charge < -0.3 is 15.5 Å². The van der Waals surface area contributed by atoms with Crippen LogP contribution in [0.1, 0.15) is 22.3 Å². The summed E-state index contributed by atoms with van der Waals surface area (Å²) < 4.78 is 0. The first-order valence-corrected chi connectivity index (χ1v) is 8.37. The first-order chi connectivity index (χ1) is 11.6. The Balaban J connectivity index is 1.64. The molecule has 1 fully saturated rings. The summed E-state index contributed by atoms with van der Waals surface area (Å²) in [6.07, 6.45) is 5.36. The lowest BCUT2D eigenvalue weighted by Crippen LogP contribution is -2.39. The van der Waals surface area contributed by atoms with Gasteiger partial charge in [-0.05, 0) is 31.0 Å². The fraction of sp³-hybridized carbons (Fsp3) is 0.444. The molecule has 0 unspecified atom stereocenters. The molecule has 1 aromatic carbocycles. The highest BCUT2D eigenvalue weighted by atomic mass is 16.2. The van der Waals surface area contributed by atoms with E-state index in [2.05, 4.69) is 27.7 Å². The van der Waals surface area contributed by atoms with Crippen molar-refractivity contribution in [3.63, 3.8) is 0 Å². The van der Waals surface area contributed by atoms with Crippen LogP contribution in [0.5, 0.6) is 0 Å². The third-order valence-corrected chi connectivity index (χ3v) is 4.86. The van der Waals surface area contributed by atoms with Crippen molar-refractivity contribution in [3.05, 3.63) is 41.5 Å². The molecular weight excluding hydrogens is 304 g/mol. The second-order valence-corrected chi connectivity index (χ2v) is 6.30. The number of carbonyl (C=O) groups excluding carboxylic acids is 2. The number of nitrogens with one attached hydrogen (secondary N) is 2. The van der Waals surface area contributed by atoms with E-state index in [1.807, 2.05) is 17.9 Å². The van der Waals surface area contributed by atoms with Gasteiger partial charge in [0.1, 0.15) is 0 Å². The SMILES string of the molecule is CNC(=O)c1cccc(NC(=O)N2CC[C@@H](N3CC=CC3)C2)c1C. The van der Waals surface area contributed by atoms with Crippen LogP contribution >= 0.6 is 0 Å². The molecule has 128 valence electrons. The number of carbonyl (C=O) groups is 2. The maximum absolute atomic E-state index is 12.6. The van der Waals surface area contributed by atoms with Crippen LogP contribution in [0, 0.1) is 6.92 Å². The van der Waals surface area contributed by atoms with Crippen molar-refractivity contribution in [1.82, 2.24) is 15.1 Å². The van der Waals surface area contributed by atoms with Gasteiger partial charge in [-0.3, -0.25) is 9.69 Å². The monoisotopic (exact) mass is 328 g/mol. The van der Waals surface area contributed by atoms with E-state index in [1.165, 1.54) is 0 Å². The highest BCUT2D eigenvalue weighted by Crippen LogP contribution is 2.22. The normalized spacial score (nSPS) is 20.4. The van der Waals surface area contributed by atoms with E-state index in [1.54, 1.807) is 19.2 Å². The molecule has 6 nitrogen and oxygen atoms in total. The summed E-state index contributed by atoms with van der Waals surface area (Å²) in [5.74, 6) is -0.147. The minimum absolute atomic E-state index is 0.0955. The Morgan fingerprint density at radius 3 is 2.67 bits per heavy atom. The van der Waals surface area contributed by atoms with Crippen LogP contribution in [0.4, 0.5) is 10.5 Å². The van der Waals surface area contributed by atoms with Gasteiger partial charge in [-0.15, -0.1) is 0 Å². The first-order valence-electron chi connectivity index (χ1n) is 8.37. The highest BCUT2D eigenvalue weighted by molar-refractivity contribution is 5.99. The molecule has 0 aliphatic carbocycles. The summed E-state index contributed by atoms with van der Waals surface area (Å²) >= 11 is 0. The highest BCUT2D eigenvalue weighted by Gasteiger charge is 2.30. The number of amides is 3. The molecule has 2 N–H and O–H groups in total. The van der Waals surface area contributed by atoms with Crippen molar-refractivity contribution in [2.45, 2.75) is 19.4 Å². The molecule has 0 bridgehead atoms. The first kappa shape index (κ1) is 16.5. The van der Waals surface area contributed by atoms with E-state index < -0.39 is 0 Å². The summed E-state index contributed by atoms with van der Waals surface area (Å²) in [5.41, 5.74) is 2.05. The third-order valence-electron chi connectivity index (χ3n) is 4.86. The predicted molar refractivity (Wildman–Crippen MR) is 94.3 cm³/mol. The van der Waals surface area contributed by atoms with Gasteiger partial charge in [-0.1, -0.05) is 18.2 Å². The number of urea groups is 1. The second-order valence-electron chi connectivity index (χ2n) is 6.30. The zero-order chi connectivity index (χ0) is 17.1. The fourth-order valence-corrected chi connectivity index (χ4v) is 3.36. The molecule has 0 spiro atoms. The molecule has 2 aliphatic rings. The van der Waals surface area contributed by atoms with Gasteiger partial charge in [0.25, 0.3) is 5.91 Å². The quantitative estimate of drug-likeness (QED) is 0.832. The van der Waals surface area contributed by atoms with Crippen LogP contribution in [-0.4, -0.2) is 61.0 Å².